The van der Waals surface area contributed by atoms with Gasteiger partial charge in [0.15, 0.2) is 0 Å². The molecule has 0 aliphatic carbocycles. The predicted octanol–water partition coefficient (Wildman–Crippen LogP) is 2.00. The van der Waals surface area contributed by atoms with E-state index in [1.807, 2.05) is 24.3 Å². The summed E-state index contributed by atoms with van der Waals surface area (Å²) in [6.07, 6.45) is 0.864. The molecule has 0 spiro atoms. The summed E-state index contributed by atoms with van der Waals surface area (Å²) in [6.45, 7) is 0.393. The highest BCUT2D eigenvalue weighted by molar-refractivity contribution is 5.81. The van der Waals surface area contributed by atoms with Crippen molar-refractivity contribution in [1.82, 2.24) is 10.3 Å². The number of aromatic nitrogens is 1. The van der Waals surface area contributed by atoms with Crippen molar-refractivity contribution < 1.29 is 9.53 Å². The number of ether oxygens (including phenoxy) is 1. The maximum atomic E-state index is 12.2. The van der Waals surface area contributed by atoms with E-state index in [1.165, 1.54) is 0 Å². The fourth-order valence-corrected chi connectivity index (χ4v) is 2.30. The van der Waals surface area contributed by atoms with Crippen LogP contribution in [-0.2, 0) is 17.6 Å². The van der Waals surface area contributed by atoms with Crippen LogP contribution in [0.4, 0.5) is 0 Å². The number of carbonyl (C=O) groups excluding carboxylic acids is 1. The lowest BCUT2D eigenvalue weighted by molar-refractivity contribution is -0.123. The van der Waals surface area contributed by atoms with Crippen molar-refractivity contribution in [1.29, 1.82) is 10.5 Å². The molecule has 1 atom stereocenters. The van der Waals surface area contributed by atoms with E-state index in [0.717, 1.165) is 11.3 Å². The van der Waals surface area contributed by atoms with Gasteiger partial charge < -0.3 is 10.1 Å². The van der Waals surface area contributed by atoms with Gasteiger partial charge >= 0.3 is 0 Å². The van der Waals surface area contributed by atoms with Crippen molar-refractivity contribution >= 4 is 5.91 Å². The minimum absolute atomic E-state index is 0.310. The number of amides is 1. The van der Waals surface area contributed by atoms with Gasteiger partial charge in [-0.1, -0.05) is 18.2 Å². The first-order valence-corrected chi connectivity index (χ1v) is 7.82. The number of methoxy groups -OCH3 is 1. The van der Waals surface area contributed by atoms with Crippen LogP contribution in [-0.4, -0.2) is 24.5 Å². The van der Waals surface area contributed by atoms with Crippen molar-refractivity contribution in [3.05, 3.63) is 59.3 Å². The number of benzene rings is 1. The van der Waals surface area contributed by atoms with Gasteiger partial charge in [0.05, 0.1) is 24.8 Å². The van der Waals surface area contributed by atoms with Gasteiger partial charge in [-0.05, 0) is 30.2 Å². The highest BCUT2D eigenvalue weighted by Gasteiger charge is 2.18. The van der Waals surface area contributed by atoms with E-state index in [2.05, 4.69) is 10.3 Å². The molecule has 1 amide bonds. The smallest absolute Gasteiger partial charge is 0.237 e. The summed E-state index contributed by atoms with van der Waals surface area (Å²) in [5.74, 6) is -0.555. The highest BCUT2D eigenvalue weighted by Crippen LogP contribution is 2.11. The summed E-state index contributed by atoms with van der Waals surface area (Å²) < 4.78 is 5.06. The van der Waals surface area contributed by atoms with Crippen LogP contribution in [0.1, 0.15) is 16.8 Å². The third kappa shape index (κ3) is 5.33. The zero-order valence-electron chi connectivity index (χ0n) is 13.9. The lowest BCUT2D eigenvalue weighted by atomic mass is 9.99. The Balaban J connectivity index is 1.87. The van der Waals surface area contributed by atoms with Crippen LogP contribution >= 0.6 is 0 Å². The standard InChI is InChI=1S/C19H18N4O2/c1-25-18-4-2-3-17(23-18)9-10-22-19(24)16(13-21)11-14-5-7-15(12-20)8-6-14/h2-8,16H,9-11H2,1H3,(H,22,24). The number of nitrogens with zero attached hydrogens (tertiary/aromatic N) is 3. The SMILES string of the molecule is COc1cccc(CCNC(=O)C(C#N)Cc2ccc(C#N)cc2)n1. The summed E-state index contributed by atoms with van der Waals surface area (Å²) in [5.41, 5.74) is 2.20. The van der Waals surface area contributed by atoms with E-state index in [9.17, 15) is 10.1 Å². The minimum Gasteiger partial charge on any atom is -0.481 e. The summed E-state index contributed by atoms with van der Waals surface area (Å²) in [7, 11) is 1.55. The van der Waals surface area contributed by atoms with Crippen LogP contribution in [0.25, 0.3) is 0 Å². The molecule has 1 heterocycles. The van der Waals surface area contributed by atoms with E-state index in [-0.39, 0.29) is 5.91 Å². The number of rotatable bonds is 7. The average Bonchev–Trinajstić information content (AvgIpc) is 2.66. The normalized spacial score (nSPS) is 11.0. The van der Waals surface area contributed by atoms with Gasteiger partial charge in [0, 0.05) is 24.7 Å². The quantitative estimate of drug-likeness (QED) is 0.835. The Morgan fingerprint density at radius 2 is 2.00 bits per heavy atom. The van der Waals surface area contributed by atoms with Crippen LogP contribution < -0.4 is 10.1 Å². The Hall–Kier alpha value is -3.38. The summed E-state index contributed by atoms with van der Waals surface area (Å²) in [4.78, 5) is 16.5. The maximum Gasteiger partial charge on any atom is 0.237 e. The van der Waals surface area contributed by atoms with Gasteiger partial charge in [-0.15, -0.1) is 0 Å². The molecule has 2 rings (SSSR count). The Morgan fingerprint density at radius 1 is 1.24 bits per heavy atom. The molecular weight excluding hydrogens is 316 g/mol. The van der Waals surface area contributed by atoms with Gasteiger partial charge in [-0.25, -0.2) is 4.98 Å². The first kappa shape index (κ1) is 18.0. The molecule has 1 N–H and O–H groups in total. The lowest BCUT2D eigenvalue weighted by Crippen LogP contribution is -2.32. The number of nitrogens with one attached hydrogen (secondary N) is 1. The number of nitriles is 2. The van der Waals surface area contributed by atoms with Crippen molar-refractivity contribution in [3.8, 4) is 18.0 Å². The molecule has 0 bridgehead atoms. The molecule has 0 saturated carbocycles. The molecular formula is C19H18N4O2. The molecule has 25 heavy (non-hydrogen) atoms. The average molecular weight is 334 g/mol. The Labute approximate surface area is 146 Å². The van der Waals surface area contributed by atoms with Crippen LogP contribution in [0.2, 0.25) is 0 Å². The molecule has 2 aromatic rings. The van der Waals surface area contributed by atoms with Gasteiger partial charge in [0.25, 0.3) is 0 Å². The largest absolute Gasteiger partial charge is 0.481 e. The maximum absolute atomic E-state index is 12.2. The second-order valence-corrected chi connectivity index (χ2v) is 5.41. The zero-order chi connectivity index (χ0) is 18.1. The van der Waals surface area contributed by atoms with Crippen molar-refractivity contribution in [2.75, 3.05) is 13.7 Å². The second-order valence-electron chi connectivity index (χ2n) is 5.41. The number of hydrogen-bond donors (Lipinski definition) is 1. The number of hydrogen-bond acceptors (Lipinski definition) is 5. The molecule has 126 valence electrons. The minimum atomic E-state index is -0.772. The second kappa shape index (κ2) is 9.05. The third-order valence-electron chi connectivity index (χ3n) is 3.67. The molecule has 0 aliphatic rings. The van der Waals surface area contributed by atoms with Crippen molar-refractivity contribution in [2.24, 2.45) is 5.92 Å². The fraction of sp³-hybridized carbons (Fsp3) is 0.263. The predicted molar refractivity (Wildman–Crippen MR) is 91.5 cm³/mol. The Kier molecular flexibility index (Phi) is 6.50. The molecule has 0 aliphatic heterocycles. The molecule has 1 aromatic heterocycles. The van der Waals surface area contributed by atoms with E-state index < -0.39 is 5.92 Å². The van der Waals surface area contributed by atoms with Crippen molar-refractivity contribution in [3.63, 3.8) is 0 Å². The molecule has 0 fully saturated rings. The van der Waals surface area contributed by atoms with Gasteiger partial charge in [0.1, 0.15) is 5.92 Å². The molecule has 1 aromatic carbocycles. The summed E-state index contributed by atoms with van der Waals surface area (Å²) >= 11 is 0. The molecule has 0 radical (unpaired) electrons. The van der Waals surface area contributed by atoms with Crippen LogP contribution in [0, 0.1) is 28.6 Å². The Morgan fingerprint density at radius 3 is 2.64 bits per heavy atom. The molecule has 1 unspecified atom stereocenters. The first-order valence-electron chi connectivity index (χ1n) is 7.82. The topological polar surface area (TPSA) is 98.8 Å². The van der Waals surface area contributed by atoms with Crippen molar-refractivity contribution in [2.45, 2.75) is 12.8 Å². The van der Waals surface area contributed by atoms with Gasteiger partial charge in [-0.3, -0.25) is 4.79 Å². The monoisotopic (exact) mass is 334 g/mol. The highest BCUT2D eigenvalue weighted by atomic mass is 16.5. The number of pyridine rings is 1. The van der Waals surface area contributed by atoms with Crippen LogP contribution in [0.15, 0.2) is 42.5 Å². The zero-order valence-corrected chi connectivity index (χ0v) is 13.9. The lowest BCUT2D eigenvalue weighted by Gasteiger charge is -2.10. The fourth-order valence-electron chi connectivity index (χ4n) is 2.30. The molecule has 6 heteroatoms. The number of carbonyl (C=O) groups is 1. The molecule has 6 nitrogen and oxygen atoms in total. The van der Waals surface area contributed by atoms with Crippen LogP contribution in [0.3, 0.4) is 0 Å². The molecule has 0 saturated heterocycles. The summed E-state index contributed by atoms with van der Waals surface area (Å²) in [6, 6.07) is 16.4. The van der Waals surface area contributed by atoms with E-state index in [4.69, 9.17) is 10.00 Å². The van der Waals surface area contributed by atoms with E-state index >= 15 is 0 Å². The first-order chi connectivity index (χ1) is 12.2. The van der Waals surface area contributed by atoms with Gasteiger partial charge in [0.2, 0.25) is 11.8 Å². The van der Waals surface area contributed by atoms with E-state index in [1.54, 1.807) is 37.4 Å². The Bertz CT molecular complexity index is 803. The van der Waals surface area contributed by atoms with E-state index in [0.29, 0.717) is 30.8 Å². The van der Waals surface area contributed by atoms with Gasteiger partial charge in [-0.2, -0.15) is 10.5 Å². The summed E-state index contributed by atoms with van der Waals surface area (Å²) in [5, 5.41) is 20.8. The third-order valence-corrected chi connectivity index (χ3v) is 3.67. The van der Waals surface area contributed by atoms with Crippen LogP contribution in [0.5, 0.6) is 5.88 Å².